The summed E-state index contributed by atoms with van der Waals surface area (Å²) in [5.41, 5.74) is 0.220. The molecule has 1 fully saturated rings. The fraction of sp³-hybridized carbons (Fsp3) is 1.00. The molecule has 0 aromatic heterocycles. The SMILES string of the molecule is CCC(C)(CNC(C)C)CN1CC(C)(C)OC(C)(C)C1. The molecule has 1 heterocycles. The van der Waals surface area contributed by atoms with Crippen LogP contribution >= 0.6 is 0 Å². The highest BCUT2D eigenvalue weighted by atomic mass is 16.5. The van der Waals surface area contributed by atoms with E-state index in [4.69, 9.17) is 4.74 Å². The summed E-state index contributed by atoms with van der Waals surface area (Å²) in [6.45, 7) is 22.2. The van der Waals surface area contributed by atoms with Crippen molar-refractivity contribution in [3.05, 3.63) is 0 Å². The van der Waals surface area contributed by atoms with Gasteiger partial charge in [0.25, 0.3) is 0 Å². The van der Waals surface area contributed by atoms with Gasteiger partial charge < -0.3 is 10.1 Å². The third-order valence-corrected chi connectivity index (χ3v) is 4.16. The molecule has 1 N–H and O–H groups in total. The molecule has 0 spiro atoms. The lowest BCUT2D eigenvalue weighted by Gasteiger charge is -2.49. The summed E-state index contributed by atoms with van der Waals surface area (Å²) in [6.07, 6.45) is 1.20. The number of morpholine rings is 1. The molecule has 3 heteroatoms. The van der Waals surface area contributed by atoms with Gasteiger partial charge >= 0.3 is 0 Å². The van der Waals surface area contributed by atoms with Gasteiger partial charge in [0.2, 0.25) is 0 Å². The van der Waals surface area contributed by atoms with Gasteiger partial charge in [-0.2, -0.15) is 0 Å². The van der Waals surface area contributed by atoms with Gasteiger partial charge in [-0.05, 0) is 39.5 Å². The van der Waals surface area contributed by atoms with Crippen molar-refractivity contribution in [2.24, 2.45) is 5.41 Å². The molecule has 0 radical (unpaired) electrons. The van der Waals surface area contributed by atoms with Crippen LogP contribution in [0.15, 0.2) is 0 Å². The lowest BCUT2D eigenvalue weighted by molar-refractivity contribution is -0.184. The second kappa shape index (κ2) is 6.33. The van der Waals surface area contributed by atoms with Crippen LogP contribution in [0.3, 0.4) is 0 Å². The van der Waals surface area contributed by atoms with Crippen molar-refractivity contribution >= 4 is 0 Å². The van der Waals surface area contributed by atoms with E-state index in [2.05, 4.69) is 65.6 Å². The molecule has 1 rings (SSSR count). The van der Waals surface area contributed by atoms with Crippen molar-refractivity contribution in [3.63, 3.8) is 0 Å². The van der Waals surface area contributed by atoms with Crippen LogP contribution < -0.4 is 5.32 Å². The molecule has 3 nitrogen and oxygen atoms in total. The largest absolute Gasteiger partial charge is 0.367 e. The summed E-state index contributed by atoms with van der Waals surface area (Å²) in [4.78, 5) is 2.59. The van der Waals surface area contributed by atoms with Gasteiger partial charge in [-0.3, -0.25) is 4.90 Å². The second-order valence-electron chi connectivity index (χ2n) is 8.47. The molecule has 120 valence electrons. The maximum atomic E-state index is 6.18. The highest BCUT2D eigenvalue weighted by Gasteiger charge is 2.40. The van der Waals surface area contributed by atoms with Gasteiger partial charge in [-0.15, -0.1) is 0 Å². The van der Waals surface area contributed by atoms with Crippen molar-refractivity contribution in [2.75, 3.05) is 26.2 Å². The van der Waals surface area contributed by atoms with Crippen molar-refractivity contribution in [1.29, 1.82) is 0 Å². The number of hydrogen-bond donors (Lipinski definition) is 1. The molecular weight excluding hydrogens is 248 g/mol. The Bertz CT molecular complexity index is 296. The van der Waals surface area contributed by atoms with Gasteiger partial charge in [-0.1, -0.05) is 27.7 Å². The highest BCUT2D eigenvalue weighted by Crippen LogP contribution is 2.31. The predicted molar refractivity (Wildman–Crippen MR) is 87.2 cm³/mol. The number of nitrogens with zero attached hydrogens (tertiary/aromatic N) is 1. The van der Waals surface area contributed by atoms with E-state index in [0.29, 0.717) is 11.5 Å². The third kappa shape index (κ3) is 5.71. The van der Waals surface area contributed by atoms with Crippen molar-refractivity contribution < 1.29 is 4.74 Å². The van der Waals surface area contributed by atoms with Crippen LogP contribution in [-0.4, -0.2) is 48.3 Å². The topological polar surface area (TPSA) is 24.5 Å². The first-order valence-electron chi connectivity index (χ1n) is 8.13. The van der Waals surface area contributed by atoms with Crippen LogP contribution in [0, 0.1) is 5.41 Å². The lowest BCUT2D eigenvalue weighted by atomic mass is 9.85. The average Bonchev–Trinajstić information content (AvgIpc) is 2.22. The lowest BCUT2D eigenvalue weighted by Crippen LogP contribution is -2.59. The molecule has 1 unspecified atom stereocenters. The Kier molecular flexibility index (Phi) is 5.67. The summed E-state index contributed by atoms with van der Waals surface area (Å²) in [5.74, 6) is 0. The van der Waals surface area contributed by atoms with Gasteiger partial charge in [-0.25, -0.2) is 0 Å². The first-order chi connectivity index (χ1) is 8.97. The van der Waals surface area contributed by atoms with E-state index in [1.54, 1.807) is 0 Å². The normalized spacial score (nSPS) is 25.6. The monoisotopic (exact) mass is 284 g/mol. The molecule has 1 atom stereocenters. The highest BCUT2D eigenvalue weighted by molar-refractivity contribution is 4.92. The van der Waals surface area contributed by atoms with Crippen LogP contribution in [0.4, 0.5) is 0 Å². The minimum atomic E-state index is -0.0537. The zero-order valence-corrected chi connectivity index (χ0v) is 15.0. The smallest absolute Gasteiger partial charge is 0.0760 e. The molecule has 1 aliphatic rings. The van der Waals surface area contributed by atoms with Crippen LogP contribution in [-0.2, 0) is 4.74 Å². The van der Waals surface area contributed by atoms with Crippen molar-refractivity contribution in [2.45, 2.75) is 79.1 Å². The Morgan fingerprint density at radius 3 is 2.05 bits per heavy atom. The molecule has 20 heavy (non-hydrogen) atoms. The van der Waals surface area contributed by atoms with Gasteiger partial charge in [0.15, 0.2) is 0 Å². The predicted octanol–water partition coefficient (Wildman–Crippen LogP) is 3.29. The van der Waals surface area contributed by atoms with Crippen LogP contribution in [0.5, 0.6) is 0 Å². The van der Waals surface area contributed by atoms with E-state index >= 15 is 0 Å². The van der Waals surface area contributed by atoms with Crippen LogP contribution in [0.1, 0.15) is 61.8 Å². The molecule has 0 aromatic carbocycles. The van der Waals surface area contributed by atoms with E-state index < -0.39 is 0 Å². The Hall–Kier alpha value is -0.120. The quantitative estimate of drug-likeness (QED) is 0.810. The Morgan fingerprint density at radius 1 is 1.15 bits per heavy atom. The molecule has 0 amide bonds. The molecule has 0 aromatic rings. The molecule has 0 aliphatic carbocycles. The van der Waals surface area contributed by atoms with Crippen LogP contribution in [0.2, 0.25) is 0 Å². The fourth-order valence-electron chi connectivity index (χ4n) is 3.34. The maximum Gasteiger partial charge on any atom is 0.0760 e. The first kappa shape index (κ1) is 17.9. The molecular formula is C17H36N2O. The Labute approximate surface area is 126 Å². The summed E-state index contributed by atoms with van der Waals surface area (Å²) in [7, 11) is 0. The minimum Gasteiger partial charge on any atom is -0.367 e. The molecule has 0 saturated carbocycles. The van der Waals surface area contributed by atoms with Crippen molar-refractivity contribution in [3.8, 4) is 0 Å². The van der Waals surface area contributed by atoms with E-state index in [1.807, 2.05) is 0 Å². The summed E-state index contributed by atoms with van der Waals surface area (Å²) < 4.78 is 6.18. The number of ether oxygens (including phenoxy) is 1. The molecule has 1 aliphatic heterocycles. The van der Waals surface area contributed by atoms with E-state index in [9.17, 15) is 0 Å². The fourth-order valence-corrected chi connectivity index (χ4v) is 3.34. The van der Waals surface area contributed by atoms with Crippen molar-refractivity contribution in [1.82, 2.24) is 10.2 Å². The number of hydrogen-bond acceptors (Lipinski definition) is 3. The van der Waals surface area contributed by atoms with Gasteiger partial charge in [0.1, 0.15) is 0 Å². The number of nitrogens with one attached hydrogen (secondary N) is 1. The van der Waals surface area contributed by atoms with E-state index in [0.717, 1.165) is 26.2 Å². The minimum absolute atomic E-state index is 0.0537. The van der Waals surface area contributed by atoms with Gasteiger partial charge in [0.05, 0.1) is 11.2 Å². The van der Waals surface area contributed by atoms with E-state index in [1.165, 1.54) is 6.42 Å². The average molecular weight is 284 g/mol. The standard InChI is InChI=1S/C17H36N2O/c1-9-17(8,10-18-14(2)3)13-19-11-15(4,5)20-16(6,7)12-19/h14,18H,9-13H2,1-8H3. The second-order valence-corrected chi connectivity index (χ2v) is 8.47. The summed E-state index contributed by atoms with van der Waals surface area (Å²) in [6, 6.07) is 0.554. The molecule has 0 bridgehead atoms. The summed E-state index contributed by atoms with van der Waals surface area (Å²) in [5, 5.41) is 3.61. The first-order valence-corrected chi connectivity index (χ1v) is 8.13. The third-order valence-electron chi connectivity index (χ3n) is 4.16. The Morgan fingerprint density at radius 2 is 1.65 bits per heavy atom. The van der Waals surface area contributed by atoms with Gasteiger partial charge in [0, 0.05) is 32.2 Å². The van der Waals surface area contributed by atoms with Crippen LogP contribution in [0.25, 0.3) is 0 Å². The summed E-state index contributed by atoms with van der Waals surface area (Å²) >= 11 is 0. The number of rotatable bonds is 6. The zero-order valence-electron chi connectivity index (χ0n) is 15.0. The van der Waals surface area contributed by atoms with E-state index in [-0.39, 0.29) is 11.2 Å². The maximum absolute atomic E-state index is 6.18. The zero-order chi connectivity index (χ0) is 15.6. The molecule has 1 saturated heterocycles. The Balaban J connectivity index is 2.68.